The van der Waals surface area contributed by atoms with Crippen molar-refractivity contribution in [3.05, 3.63) is 27.9 Å². The SMILES string of the molecule is Cc1cc([N+](=O)[O-])cnc1N1CCC(CCC(=O)O)CC1. The summed E-state index contributed by atoms with van der Waals surface area (Å²) in [5.41, 5.74) is 0.806. The van der Waals surface area contributed by atoms with Crippen molar-refractivity contribution in [1.29, 1.82) is 0 Å². The number of hydrogen-bond acceptors (Lipinski definition) is 5. The van der Waals surface area contributed by atoms with Crippen LogP contribution in [0.2, 0.25) is 0 Å². The molecule has 114 valence electrons. The number of hydrogen-bond donors (Lipinski definition) is 1. The van der Waals surface area contributed by atoms with Crippen molar-refractivity contribution in [2.24, 2.45) is 5.92 Å². The number of carbonyl (C=O) groups is 1. The van der Waals surface area contributed by atoms with E-state index in [4.69, 9.17) is 5.11 Å². The lowest BCUT2D eigenvalue weighted by Crippen LogP contribution is -2.34. The smallest absolute Gasteiger partial charge is 0.303 e. The molecule has 0 spiro atoms. The average molecular weight is 293 g/mol. The summed E-state index contributed by atoms with van der Waals surface area (Å²) in [7, 11) is 0. The highest BCUT2D eigenvalue weighted by molar-refractivity contribution is 5.66. The molecule has 0 radical (unpaired) electrons. The third-order valence-corrected chi connectivity index (χ3v) is 3.93. The second-order valence-corrected chi connectivity index (χ2v) is 5.45. The zero-order chi connectivity index (χ0) is 15.4. The summed E-state index contributed by atoms with van der Waals surface area (Å²) in [5.74, 6) is 0.485. The summed E-state index contributed by atoms with van der Waals surface area (Å²) in [6, 6.07) is 1.54. The minimum atomic E-state index is -0.745. The van der Waals surface area contributed by atoms with Crippen molar-refractivity contribution >= 4 is 17.5 Å². The number of pyridine rings is 1. The number of aryl methyl sites for hydroxylation is 1. The summed E-state index contributed by atoms with van der Waals surface area (Å²) in [6.45, 7) is 3.46. The first-order valence-electron chi connectivity index (χ1n) is 7.05. The van der Waals surface area contributed by atoms with Crippen molar-refractivity contribution in [1.82, 2.24) is 4.98 Å². The Bertz CT molecular complexity index is 539. The quantitative estimate of drug-likeness (QED) is 0.661. The molecule has 0 bridgehead atoms. The third-order valence-electron chi connectivity index (χ3n) is 3.93. The number of carboxylic acid groups (broad SMARTS) is 1. The molecule has 1 aromatic heterocycles. The largest absolute Gasteiger partial charge is 0.481 e. The van der Waals surface area contributed by atoms with Gasteiger partial charge in [-0.15, -0.1) is 0 Å². The van der Waals surface area contributed by atoms with Gasteiger partial charge in [-0.2, -0.15) is 0 Å². The van der Waals surface area contributed by atoms with Gasteiger partial charge in [0.1, 0.15) is 12.0 Å². The summed E-state index contributed by atoms with van der Waals surface area (Å²) < 4.78 is 0. The molecule has 2 rings (SSSR count). The Morgan fingerprint density at radius 2 is 2.19 bits per heavy atom. The number of anilines is 1. The zero-order valence-electron chi connectivity index (χ0n) is 12.0. The topological polar surface area (TPSA) is 96.6 Å². The molecule has 21 heavy (non-hydrogen) atoms. The Balaban J connectivity index is 1.96. The summed E-state index contributed by atoms with van der Waals surface area (Å²) >= 11 is 0. The normalized spacial score (nSPS) is 16.0. The highest BCUT2D eigenvalue weighted by Gasteiger charge is 2.22. The van der Waals surface area contributed by atoms with Crippen molar-refractivity contribution < 1.29 is 14.8 Å². The Hall–Kier alpha value is -2.18. The van der Waals surface area contributed by atoms with Crippen molar-refractivity contribution in [3.8, 4) is 0 Å². The standard InChI is InChI=1S/C14H19N3O4/c1-10-8-12(17(20)21)9-15-14(10)16-6-4-11(5-7-16)2-3-13(18)19/h8-9,11H,2-7H2,1H3,(H,18,19). The lowest BCUT2D eigenvalue weighted by molar-refractivity contribution is -0.385. The van der Waals surface area contributed by atoms with Gasteiger partial charge in [0.05, 0.1) is 4.92 Å². The van der Waals surface area contributed by atoms with E-state index in [1.807, 2.05) is 6.92 Å². The van der Waals surface area contributed by atoms with Gasteiger partial charge in [-0.25, -0.2) is 4.98 Å². The Morgan fingerprint density at radius 3 is 2.71 bits per heavy atom. The maximum Gasteiger partial charge on any atom is 0.303 e. The molecule has 1 aliphatic heterocycles. The number of rotatable bonds is 5. The summed E-state index contributed by atoms with van der Waals surface area (Å²) in [6.07, 6.45) is 4.10. The van der Waals surface area contributed by atoms with Gasteiger partial charge in [-0.1, -0.05) is 0 Å². The lowest BCUT2D eigenvalue weighted by atomic mass is 9.92. The minimum absolute atomic E-state index is 0.00703. The second kappa shape index (κ2) is 6.51. The van der Waals surface area contributed by atoms with Crippen LogP contribution in [0.25, 0.3) is 0 Å². The highest BCUT2D eigenvalue weighted by Crippen LogP contribution is 2.28. The van der Waals surface area contributed by atoms with Gasteiger partial charge < -0.3 is 10.0 Å². The predicted molar refractivity (Wildman–Crippen MR) is 77.4 cm³/mol. The van der Waals surface area contributed by atoms with Gasteiger partial charge >= 0.3 is 5.97 Å². The molecule has 1 aliphatic rings. The van der Waals surface area contributed by atoms with Crippen LogP contribution >= 0.6 is 0 Å². The molecule has 0 saturated carbocycles. The molecule has 0 aliphatic carbocycles. The highest BCUT2D eigenvalue weighted by atomic mass is 16.6. The molecular weight excluding hydrogens is 274 g/mol. The van der Waals surface area contributed by atoms with E-state index in [0.717, 1.165) is 43.7 Å². The molecule has 1 aromatic rings. The molecule has 0 atom stereocenters. The van der Waals surface area contributed by atoms with Crippen LogP contribution in [0.15, 0.2) is 12.3 Å². The van der Waals surface area contributed by atoms with Gasteiger partial charge in [0, 0.05) is 25.6 Å². The van der Waals surface area contributed by atoms with Crippen LogP contribution in [0, 0.1) is 23.0 Å². The molecule has 0 unspecified atom stereocenters. The summed E-state index contributed by atoms with van der Waals surface area (Å²) in [5, 5.41) is 19.4. The lowest BCUT2D eigenvalue weighted by Gasteiger charge is -2.33. The summed E-state index contributed by atoms with van der Waals surface area (Å²) in [4.78, 5) is 27.2. The van der Waals surface area contributed by atoms with E-state index < -0.39 is 10.9 Å². The Morgan fingerprint density at radius 1 is 1.52 bits per heavy atom. The van der Waals surface area contributed by atoms with Crippen LogP contribution in [0.4, 0.5) is 11.5 Å². The Kier molecular flexibility index (Phi) is 4.72. The van der Waals surface area contributed by atoms with E-state index in [2.05, 4.69) is 9.88 Å². The molecule has 1 N–H and O–H groups in total. The van der Waals surface area contributed by atoms with Crippen molar-refractivity contribution in [2.45, 2.75) is 32.6 Å². The number of nitrogens with zero attached hydrogens (tertiary/aromatic N) is 3. The van der Waals surface area contributed by atoms with E-state index in [0.29, 0.717) is 5.92 Å². The first kappa shape index (κ1) is 15.2. The molecule has 1 fully saturated rings. The van der Waals surface area contributed by atoms with E-state index >= 15 is 0 Å². The molecule has 7 nitrogen and oxygen atoms in total. The van der Waals surface area contributed by atoms with Gasteiger partial charge in [0.15, 0.2) is 0 Å². The average Bonchev–Trinajstić information content (AvgIpc) is 2.45. The zero-order valence-corrected chi connectivity index (χ0v) is 12.0. The predicted octanol–water partition coefficient (Wildman–Crippen LogP) is 2.38. The van der Waals surface area contributed by atoms with E-state index in [1.54, 1.807) is 6.07 Å². The van der Waals surface area contributed by atoms with Crippen molar-refractivity contribution in [2.75, 3.05) is 18.0 Å². The Labute approximate surface area is 122 Å². The first-order valence-corrected chi connectivity index (χ1v) is 7.05. The van der Waals surface area contributed by atoms with E-state index in [-0.39, 0.29) is 12.1 Å². The molecule has 0 amide bonds. The van der Waals surface area contributed by atoms with Crippen LogP contribution in [0.1, 0.15) is 31.2 Å². The number of piperidine rings is 1. The van der Waals surface area contributed by atoms with Crippen LogP contribution in [0.5, 0.6) is 0 Å². The molecular formula is C14H19N3O4. The van der Waals surface area contributed by atoms with Gasteiger partial charge in [0.25, 0.3) is 5.69 Å². The van der Waals surface area contributed by atoms with E-state index in [9.17, 15) is 14.9 Å². The number of aromatic nitrogens is 1. The number of carboxylic acids is 1. The number of aliphatic carboxylic acids is 1. The van der Waals surface area contributed by atoms with Crippen molar-refractivity contribution in [3.63, 3.8) is 0 Å². The monoisotopic (exact) mass is 293 g/mol. The van der Waals surface area contributed by atoms with Crippen LogP contribution in [-0.4, -0.2) is 34.1 Å². The van der Waals surface area contributed by atoms with Crippen LogP contribution in [-0.2, 0) is 4.79 Å². The van der Waals surface area contributed by atoms with E-state index in [1.165, 1.54) is 6.20 Å². The fourth-order valence-electron chi connectivity index (χ4n) is 2.74. The van der Waals surface area contributed by atoms with Gasteiger partial charge in [0.2, 0.25) is 0 Å². The van der Waals surface area contributed by atoms with Crippen LogP contribution < -0.4 is 4.90 Å². The molecule has 0 aromatic carbocycles. The van der Waals surface area contributed by atoms with Crippen LogP contribution in [0.3, 0.4) is 0 Å². The molecule has 1 saturated heterocycles. The third kappa shape index (κ3) is 3.90. The maximum absolute atomic E-state index is 10.7. The number of nitro groups is 1. The fourth-order valence-corrected chi connectivity index (χ4v) is 2.74. The van der Waals surface area contributed by atoms with Gasteiger partial charge in [-0.05, 0) is 37.7 Å². The second-order valence-electron chi connectivity index (χ2n) is 5.45. The first-order chi connectivity index (χ1) is 9.97. The maximum atomic E-state index is 10.7. The minimum Gasteiger partial charge on any atom is -0.481 e. The molecule has 2 heterocycles. The van der Waals surface area contributed by atoms with Gasteiger partial charge in [-0.3, -0.25) is 14.9 Å². The fraction of sp³-hybridized carbons (Fsp3) is 0.571. The molecule has 7 heteroatoms.